The molecule has 0 aliphatic carbocycles. The first-order valence-corrected chi connectivity index (χ1v) is 9.17. The van der Waals surface area contributed by atoms with Crippen molar-refractivity contribution in [2.45, 2.75) is 25.7 Å². The first-order chi connectivity index (χ1) is 12.6. The largest absolute Gasteiger partial charge is 0.370 e. The minimum Gasteiger partial charge on any atom is -0.370 e. The van der Waals surface area contributed by atoms with Crippen molar-refractivity contribution in [1.82, 2.24) is 15.5 Å². The van der Waals surface area contributed by atoms with Gasteiger partial charge in [0.1, 0.15) is 0 Å². The smallest absolute Gasteiger partial charge is 0.251 e. The zero-order valence-electron chi connectivity index (χ0n) is 15.8. The number of primary amides is 1. The van der Waals surface area contributed by atoms with Gasteiger partial charge in [-0.3, -0.25) is 14.6 Å². The van der Waals surface area contributed by atoms with Gasteiger partial charge in [-0.25, -0.2) is 0 Å². The fourth-order valence-electron chi connectivity index (χ4n) is 3.22. The third kappa shape index (κ3) is 8.15. The molecule has 7 nitrogen and oxygen atoms in total. The van der Waals surface area contributed by atoms with E-state index in [2.05, 4.69) is 20.5 Å². The standard InChI is InChI=1S/C19H29N5O2.HI/c1-21-19(24-12-5-7-15(14-24)13-17(20)25)23-11-6-10-22-18(26)16-8-3-2-4-9-16;/h2-4,8-9,15H,5-7,10-14H2,1H3,(H2,20,25)(H,21,23)(H,22,26);1H. The Balaban J connectivity index is 0.00000364. The maximum atomic E-state index is 12.0. The Bertz CT molecular complexity index is 624. The average molecular weight is 487 g/mol. The minimum absolute atomic E-state index is 0. The van der Waals surface area contributed by atoms with E-state index in [1.807, 2.05) is 18.2 Å². The number of guanidine groups is 1. The number of amides is 2. The average Bonchev–Trinajstić information content (AvgIpc) is 2.65. The first-order valence-electron chi connectivity index (χ1n) is 9.17. The molecule has 1 fully saturated rings. The molecule has 0 aromatic heterocycles. The van der Waals surface area contributed by atoms with Crippen LogP contribution >= 0.6 is 24.0 Å². The molecule has 8 heteroatoms. The Morgan fingerprint density at radius 3 is 2.59 bits per heavy atom. The van der Waals surface area contributed by atoms with Gasteiger partial charge in [0, 0.05) is 45.2 Å². The highest BCUT2D eigenvalue weighted by Crippen LogP contribution is 2.19. The van der Waals surface area contributed by atoms with Gasteiger partial charge in [-0.05, 0) is 37.3 Å². The number of rotatable bonds is 7. The van der Waals surface area contributed by atoms with E-state index in [9.17, 15) is 9.59 Å². The zero-order chi connectivity index (χ0) is 18.8. The number of likely N-dealkylation sites (tertiary alicyclic amines) is 1. The van der Waals surface area contributed by atoms with E-state index in [0.717, 1.165) is 44.9 Å². The highest BCUT2D eigenvalue weighted by molar-refractivity contribution is 14.0. The maximum absolute atomic E-state index is 12.0. The molecule has 0 radical (unpaired) electrons. The van der Waals surface area contributed by atoms with Crippen molar-refractivity contribution in [2.24, 2.45) is 16.6 Å². The van der Waals surface area contributed by atoms with Crippen molar-refractivity contribution < 1.29 is 9.59 Å². The topological polar surface area (TPSA) is 99.8 Å². The van der Waals surface area contributed by atoms with E-state index in [1.54, 1.807) is 19.2 Å². The van der Waals surface area contributed by atoms with Crippen LogP contribution in [-0.2, 0) is 4.79 Å². The van der Waals surface area contributed by atoms with Crippen molar-refractivity contribution in [3.63, 3.8) is 0 Å². The van der Waals surface area contributed by atoms with Crippen molar-refractivity contribution in [3.8, 4) is 0 Å². The molecule has 1 unspecified atom stereocenters. The van der Waals surface area contributed by atoms with Crippen molar-refractivity contribution in [2.75, 3.05) is 33.2 Å². The van der Waals surface area contributed by atoms with Crippen LogP contribution in [0.2, 0.25) is 0 Å². The molecule has 2 amide bonds. The van der Waals surface area contributed by atoms with Gasteiger partial charge >= 0.3 is 0 Å². The first kappa shape index (κ1) is 23.2. The molecule has 0 spiro atoms. The second-order valence-corrected chi connectivity index (χ2v) is 6.57. The summed E-state index contributed by atoms with van der Waals surface area (Å²) < 4.78 is 0. The monoisotopic (exact) mass is 487 g/mol. The third-order valence-corrected chi connectivity index (χ3v) is 4.48. The fourth-order valence-corrected chi connectivity index (χ4v) is 3.22. The lowest BCUT2D eigenvalue weighted by molar-refractivity contribution is -0.119. The molecule has 1 aliphatic heterocycles. The number of benzene rings is 1. The van der Waals surface area contributed by atoms with Gasteiger partial charge in [0.05, 0.1) is 0 Å². The van der Waals surface area contributed by atoms with E-state index in [1.165, 1.54) is 0 Å². The van der Waals surface area contributed by atoms with Crippen LogP contribution in [0, 0.1) is 5.92 Å². The second-order valence-electron chi connectivity index (χ2n) is 6.57. The van der Waals surface area contributed by atoms with Crippen LogP contribution < -0.4 is 16.4 Å². The minimum atomic E-state index is -0.242. The Morgan fingerprint density at radius 1 is 1.22 bits per heavy atom. The number of hydrogen-bond acceptors (Lipinski definition) is 3. The van der Waals surface area contributed by atoms with Crippen LogP contribution in [0.25, 0.3) is 0 Å². The van der Waals surface area contributed by atoms with Crippen LogP contribution in [0.3, 0.4) is 0 Å². The number of halogens is 1. The van der Waals surface area contributed by atoms with Crippen molar-refractivity contribution >= 4 is 41.8 Å². The lowest BCUT2D eigenvalue weighted by Crippen LogP contribution is -2.47. The number of nitrogens with one attached hydrogen (secondary N) is 2. The molecule has 0 saturated carbocycles. The van der Waals surface area contributed by atoms with Gasteiger partial charge < -0.3 is 21.3 Å². The molecule has 1 aromatic rings. The van der Waals surface area contributed by atoms with Gasteiger partial charge in [0.15, 0.2) is 5.96 Å². The number of nitrogens with zero attached hydrogens (tertiary/aromatic N) is 2. The molecule has 27 heavy (non-hydrogen) atoms. The van der Waals surface area contributed by atoms with E-state index in [0.29, 0.717) is 24.4 Å². The van der Waals surface area contributed by atoms with Crippen LogP contribution in [0.15, 0.2) is 35.3 Å². The fraction of sp³-hybridized carbons (Fsp3) is 0.526. The molecule has 1 saturated heterocycles. The number of nitrogens with two attached hydrogens (primary N) is 1. The van der Waals surface area contributed by atoms with Gasteiger partial charge in [-0.1, -0.05) is 18.2 Å². The number of carbonyl (C=O) groups is 2. The highest BCUT2D eigenvalue weighted by atomic mass is 127. The normalized spacial score (nSPS) is 17.0. The van der Waals surface area contributed by atoms with Crippen molar-refractivity contribution in [3.05, 3.63) is 35.9 Å². The summed E-state index contributed by atoms with van der Waals surface area (Å²) in [7, 11) is 1.76. The number of hydrogen-bond donors (Lipinski definition) is 3. The lowest BCUT2D eigenvalue weighted by atomic mass is 9.95. The molecule has 1 aliphatic rings. The van der Waals surface area contributed by atoms with Crippen LogP contribution in [0.4, 0.5) is 0 Å². The molecule has 4 N–H and O–H groups in total. The Hall–Kier alpha value is -1.84. The number of carbonyl (C=O) groups excluding carboxylic acids is 2. The quantitative estimate of drug-likeness (QED) is 0.236. The maximum Gasteiger partial charge on any atom is 0.251 e. The molecule has 2 rings (SSSR count). The zero-order valence-corrected chi connectivity index (χ0v) is 18.1. The third-order valence-electron chi connectivity index (χ3n) is 4.48. The molecular weight excluding hydrogens is 457 g/mol. The second kappa shape index (κ2) is 12.5. The molecule has 150 valence electrons. The van der Waals surface area contributed by atoms with Gasteiger partial charge in [-0.15, -0.1) is 24.0 Å². The SMILES string of the molecule is CN=C(NCCCNC(=O)c1ccccc1)N1CCCC(CC(N)=O)C1.I. The summed E-state index contributed by atoms with van der Waals surface area (Å²) in [5, 5.41) is 6.25. The molecule has 1 aromatic carbocycles. The lowest BCUT2D eigenvalue weighted by Gasteiger charge is -2.34. The molecular formula is C19H30IN5O2. The summed E-state index contributed by atoms with van der Waals surface area (Å²) in [6.07, 6.45) is 3.29. The Morgan fingerprint density at radius 2 is 1.93 bits per heavy atom. The van der Waals surface area contributed by atoms with E-state index < -0.39 is 0 Å². The highest BCUT2D eigenvalue weighted by Gasteiger charge is 2.23. The molecule has 1 atom stereocenters. The van der Waals surface area contributed by atoms with Crippen LogP contribution in [0.5, 0.6) is 0 Å². The van der Waals surface area contributed by atoms with Gasteiger partial charge in [-0.2, -0.15) is 0 Å². The summed E-state index contributed by atoms with van der Waals surface area (Å²) in [5.74, 6) is 0.841. The summed E-state index contributed by atoms with van der Waals surface area (Å²) >= 11 is 0. The summed E-state index contributed by atoms with van der Waals surface area (Å²) in [6.45, 7) is 3.05. The Kier molecular flexibility index (Phi) is 10.8. The predicted octanol–water partition coefficient (Wildman–Crippen LogP) is 1.59. The number of piperidine rings is 1. The summed E-state index contributed by atoms with van der Waals surface area (Å²) in [6, 6.07) is 9.19. The Labute approximate surface area is 178 Å². The van der Waals surface area contributed by atoms with Crippen molar-refractivity contribution in [1.29, 1.82) is 0 Å². The van der Waals surface area contributed by atoms with Crippen LogP contribution in [-0.4, -0.2) is 55.9 Å². The molecule has 0 bridgehead atoms. The molecule has 1 heterocycles. The summed E-state index contributed by atoms with van der Waals surface area (Å²) in [4.78, 5) is 29.6. The van der Waals surface area contributed by atoms with Gasteiger partial charge in [0.2, 0.25) is 5.91 Å². The summed E-state index contributed by atoms with van der Waals surface area (Å²) in [5.41, 5.74) is 5.99. The van der Waals surface area contributed by atoms with Crippen LogP contribution in [0.1, 0.15) is 36.0 Å². The van der Waals surface area contributed by atoms with E-state index >= 15 is 0 Å². The predicted molar refractivity (Wildman–Crippen MR) is 118 cm³/mol. The van der Waals surface area contributed by atoms with E-state index in [-0.39, 0.29) is 35.8 Å². The van der Waals surface area contributed by atoms with E-state index in [4.69, 9.17) is 5.73 Å². The number of aliphatic imine (C=N–C) groups is 1. The van der Waals surface area contributed by atoms with Gasteiger partial charge in [0.25, 0.3) is 5.91 Å².